The molecule has 3 heterocycles. The van der Waals surface area contributed by atoms with Gasteiger partial charge in [-0.2, -0.15) is 13.2 Å². The van der Waals surface area contributed by atoms with Gasteiger partial charge in [-0.3, -0.25) is 4.79 Å². The van der Waals surface area contributed by atoms with Crippen molar-refractivity contribution in [3.8, 4) is 5.75 Å². The number of pyridine rings is 1. The molecule has 1 aromatic carbocycles. The number of ether oxygens (including phenoxy) is 3. The number of carbonyl (C=O) groups is 1. The molecule has 33 heavy (non-hydrogen) atoms. The fourth-order valence-electron chi connectivity index (χ4n) is 3.88. The van der Waals surface area contributed by atoms with E-state index in [1.54, 1.807) is 6.92 Å². The zero-order chi connectivity index (χ0) is 23.8. The van der Waals surface area contributed by atoms with Gasteiger partial charge >= 0.3 is 6.18 Å². The third-order valence-corrected chi connectivity index (χ3v) is 5.51. The van der Waals surface area contributed by atoms with Crippen LogP contribution in [0.5, 0.6) is 5.75 Å². The molecule has 8 nitrogen and oxygen atoms in total. The molecule has 2 aliphatic rings. The van der Waals surface area contributed by atoms with Crippen molar-refractivity contribution in [3.63, 3.8) is 0 Å². The molecular formula is C21H20F4N4O4. The van der Waals surface area contributed by atoms with Gasteiger partial charge in [-0.25, -0.2) is 14.4 Å². The van der Waals surface area contributed by atoms with Crippen molar-refractivity contribution in [2.24, 2.45) is 16.6 Å². The van der Waals surface area contributed by atoms with Crippen LogP contribution in [0.1, 0.15) is 23.0 Å². The quantitative estimate of drug-likeness (QED) is 0.654. The second-order valence-electron chi connectivity index (χ2n) is 7.83. The van der Waals surface area contributed by atoms with E-state index in [1.165, 1.54) is 30.3 Å². The van der Waals surface area contributed by atoms with E-state index < -0.39 is 30.0 Å². The molecule has 3 N–H and O–H groups in total. The largest absolute Gasteiger partial charge is 0.483 e. The number of rotatable bonds is 5. The van der Waals surface area contributed by atoms with Crippen LogP contribution in [0.3, 0.4) is 0 Å². The lowest BCUT2D eigenvalue weighted by molar-refractivity contribution is -0.153. The average molecular weight is 468 g/mol. The van der Waals surface area contributed by atoms with Gasteiger partial charge in [-0.05, 0) is 37.3 Å². The zero-order valence-corrected chi connectivity index (χ0v) is 17.4. The number of alkyl halides is 3. The number of fused-ring (bicyclic) bond motifs is 1. The highest BCUT2D eigenvalue weighted by Crippen LogP contribution is 2.43. The first-order chi connectivity index (χ1) is 15.5. The predicted octanol–water partition coefficient (Wildman–Crippen LogP) is 2.99. The van der Waals surface area contributed by atoms with Crippen molar-refractivity contribution < 1.29 is 36.6 Å². The third kappa shape index (κ3) is 4.85. The van der Waals surface area contributed by atoms with Gasteiger partial charge in [0.2, 0.25) is 0 Å². The maximum Gasteiger partial charge on any atom is 0.422 e. The van der Waals surface area contributed by atoms with Crippen LogP contribution in [-0.2, 0) is 15.0 Å². The minimum Gasteiger partial charge on any atom is -0.483 e. The Hall–Kier alpha value is -3.41. The number of nitrogens with two attached hydrogens (primary N) is 1. The van der Waals surface area contributed by atoms with E-state index in [1.807, 2.05) is 0 Å². The number of benzene rings is 1. The maximum atomic E-state index is 14.8. The second kappa shape index (κ2) is 8.50. The van der Waals surface area contributed by atoms with Gasteiger partial charge in [0, 0.05) is 11.3 Å². The number of hydrogen-bond acceptors (Lipinski definition) is 7. The molecule has 2 aliphatic heterocycles. The van der Waals surface area contributed by atoms with E-state index in [2.05, 4.69) is 20.0 Å². The molecule has 4 rings (SSSR count). The van der Waals surface area contributed by atoms with E-state index >= 15 is 0 Å². The molecule has 176 valence electrons. The fraction of sp³-hybridized carbons (Fsp3) is 0.381. The summed E-state index contributed by atoms with van der Waals surface area (Å²) in [7, 11) is 0. The van der Waals surface area contributed by atoms with E-state index in [4.69, 9.17) is 15.2 Å². The summed E-state index contributed by atoms with van der Waals surface area (Å²) in [4.78, 5) is 20.7. The first-order valence-electron chi connectivity index (χ1n) is 9.92. The Bertz CT molecular complexity index is 1080. The van der Waals surface area contributed by atoms with Crippen molar-refractivity contribution in [1.29, 1.82) is 0 Å². The third-order valence-electron chi connectivity index (χ3n) is 5.51. The molecule has 3 atom stereocenters. The highest BCUT2D eigenvalue weighted by Gasteiger charge is 2.50. The van der Waals surface area contributed by atoms with Gasteiger partial charge in [-0.15, -0.1) is 0 Å². The van der Waals surface area contributed by atoms with Gasteiger partial charge < -0.3 is 25.3 Å². The highest BCUT2D eigenvalue weighted by atomic mass is 19.4. The second-order valence-corrected chi connectivity index (χ2v) is 7.83. The summed E-state index contributed by atoms with van der Waals surface area (Å²) in [5.74, 6) is -1.60. The summed E-state index contributed by atoms with van der Waals surface area (Å²) in [6, 6.07) is 6.36. The Labute approximate surface area is 185 Å². The smallest absolute Gasteiger partial charge is 0.422 e. The molecule has 1 fully saturated rings. The van der Waals surface area contributed by atoms with E-state index in [0.717, 1.165) is 6.20 Å². The number of amides is 1. The zero-order valence-electron chi connectivity index (χ0n) is 17.4. The van der Waals surface area contributed by atoms with Crippen LogP contribution in [0.2, 0.25) is 0 Å². The van der Waals surface area contributed by atoms with Crippen LogP contribution in [0.25, 0.3) is 0 Å². The minimum atomic E-state index is -4.49. The molecule has 2 aromatic rings. The number of nitrogens with one attached hydrogen (secondary N) is 1. The van der Waals surface area contributed by atoms with Crippen LogP contribution in [0, 0.1) is 11.7 Å². The maximum absolute atomic E-state index is 14.8. The van der Waals surface area contributed by atoms with Crippen molar-refractivity contribution in [2.75, 3.05) is 25.1 Å². The molecule has 1 amide bonds. The van der Waals surface area contributed by atoms with Crippen molar-refractivity contribution in [1.82, 2.24) is 4.98 Å². The van der Waals surface area contributed by atoms with Gasteiger partial charge in [0.05, 0.1) is 30.9 Å². The number of aliphatic imine (C=N–C) groups is 1. The predicted molar refractivity (Wildman–Crippen MR) is 108 cm³/mol. The first-order valence-corrected chi connectivity index (χ1v) is 9.92. The summed E-state index contributed by atoms with van der Waals surface area (Å²) in [5.41, 5.74) is 5.14. The molecular weight excluding hydrogens is 448 g/mol. The van der Waals surface area contributed by atoms with E-state index in [0.29, 0.717) is 13.2 Å². The van der Waals surface area contributed by atoms with E-state index in [-0.39, 0.29) is 40.7 Å². The Morgan fingerprint density at radius 3 is 2.79 bits per heavy atom. The SMILES string of the molecule is C[C@]1(c2cc(NC(=O)c3ccc(OCC(F)(F)F)cn3)ccc2F)N=C(N)O[C@@H]2COC[C@@H]21. The fourth-order valence-corrected chi connectivity index (χ4v) is 3.88. The molecule has 0 spiro atoms. The number of aromatic nitrogens is 1. The van der Waals surface area contributed by atoms with Gasteiger partial charge in [-0.1, -0.05) is 0 Å². The molecule has 0 saturated carbocycles. The van der Waals surface area contributed by atoms with Gasteiger partial charge in [0.15, 0.2) is 6.61 Å². The molecule has 0 aliphatic carbocycles. The number of nitrogens with zero attached hydrogens (tertiary/aromatic N) is 2. The summed E-state index contributed by atoms with van der Waals surface area (Å²) in [5, 5.41) is 2.60. The monoisotopic (exact) mass is 468 g/mol. The molecule has 12 heteroatoms. The Morgan fingerprint density at radius 1 is 1.30 bits per heavy atom. The number of anilines is 1. The van der Waals surface area contributed by atoms with Crippen molar-refractivity contribution >= 4 is 17.6 Å². The van der Waals surface area contributed by atoms with Crippen molar-refractivity contribution in [2.45, 2.75) is 24.7 Å². The first kappa shape index (κ1) is 22.8. The normalized spacial score (nSPS) is 24.5. The molecule has 1 saturated heterocycles. The lowest BCUT2D eigenvalue weighted by Gasteiger charge is -2.38. The Kier molecular flexibility index (Phi) is 5.87. The number of carbonyl (C=O) groups excluding carboxylic acids is 1. The molecule has 0 unspecified atom stereocenters. The standard InChI is InChI=1S/C21H20F4N4O4/c1-20(14-8-31-9-17(14)33-19(26)29-20)13-6-11(2-4-15(13)22)28-18(30)16-5-3-12(7-27-16)32-10-21(23,24)25/h2-7,14,17H,8-10H2,1H3,(H2,26,29)(H,28,30)/t14-,17+,20+/m0/s1. The summed E-state index contributed by atoms with van der Waals surface area (Å²) in [6.07, 6.45) is -3.85. The lowest BCUT2D eigenvalue weighted by atomic mass is 9.77. The summed E-state index contributed by atoms with van der Waals surface area (Å²) in [6.45, 7) is 0.867. The summed E-state index contributed by atoms with van der Waals surface area (Å²) < 4.78 is 67.1. The van der Waals surface area contributed by atoms with Crippen LogP contribution in [-0.4, -0.2) is 49.0 Å². The van der Waals surface area contributed by atoms with Crippen LogP contribution < -0.4 is 15.8 Å². The van der Waals surface area contributed by atoms with Crippen LogP contribution in [0.4, 0.5) is 23.2 Å². The summed E-state index contributed by atoms with van der Waals surface area (Å²) >= 11 is 0. The van der Waals surface area contributed by atoms with Gasteiger partial charge in [0.1, 0.15) is 23.4 Å². The lowest BCUT2D eigenvalue weighted by Crippen LogP contribution is -2.47. The molecule has 1 aromatic heterocycles. The minimum absolute atomic E-state index is 0.0657. The molecule has 0 bridgehead atoms. The average Bonchev–Trinajstić information content (AvgIpc) is 3.22. The van der Waals surface area contributed by atoms with E-state index in [9.17, 15) is 22.4 Å². The van der Waals surface area contributed by atoms with Crippen molar-refractivity contribution in [3.05, 3.63) is 53.6 Å². The number of amidine groups is 1. The van der Waals surface area contributed by atoms with Crippen LogP contribution in [0.15, 0.2) is 41.5 Å². The highest BCUT2D eigenvalue weighted by molar-refractivity contribution is 6.02. The Morgan fingerprint density at radius 2 is 2.09 bits per heavy atom. The Balaban J connectivity index is 1.52. The molecule has 0 radical (unpaired) electrons. The topological polar surface area (TPSA) is 108 Å². The number of hydrogen-bond donors (Lipinski definition) is 2. The number of halogens is 4. The van der Waals surface area contributed by atoms with Gasteiger partial charge in [0.25, 0.3) is 11.9 Å². The van der Waals surface area contributed by atoms with Crippen LogP contribution >= 0.6 is 0 Å².